The third-order valence-corrected chi connectivity index (χ3v) is 25.9. The molecule has 36 N–H and O–H groups in total. The molecule has 820 valence electrons. The van der Waals surface area contributed by atoms with Gasteiger partial charge in [0, 0.05) is 41.0 Å². The number of carbonyl (C=O) groups excluding carboxylic acids is 5. The molecule has 0 bridgehead atoms. The number of hydrogen-bond acceptors (Lipinski definition) is 57. The Kier molecular flexibility index (Phi) is 41.7. The van der Waals surface area contributed by atoms with Gasteiger partial charge in [-0.15, -0.1) is 0 Å². The summed E-state index contributed by atoms with van der Waals surface area (Å²) in [6, 6.07) is -9.78. The number of ether oxygens (including phenoxy) is 21. The van der Waals surface area contributed by atoms with E-state index in [0.717, 1.165) is 41.5 Å². The summed E-state index contributed by atoms with van der Waals surface area (Å²) in [7, 11) is 0. The first kappa shape index (κ1) is 117. The summed E-state index contributed by atoms with van der Waals surface area (Å²) in [4.78, 5) is 78.7. The predicted molar refractivity (Wildman–Crippen MR) is 436 cm³/mol. The van der Waals surface area contributed by atoms with Crippen molar-refractivity contribution in [2.24, 2.45) is 0 Å². The first-order valence-corrected chi connectivity index (χ1v) is 45.1. The maximum Gasteiger partial charge on any atom is 0.364 e. The van der Waals surface area contributed by atoms with E-state index in [1.807, 2.05) is 0 Å². The lowest BCUT2D eigenvalue weighted by Crippen LogP contribution is -2.72. The van der Waals surface area contributed by atoms with Crippen LogP contribution in [0.25, 0.3) is 0 Å². The molecule has 0 aliphatic carbocycles. The third kappa shape index (κ3) is 25.6. The second-order valence-corrected chi connectivity index (χ2v) is 35.9. The molecule has 0 aromatic rings. The molecule has 63 nitrogen and oxygen atoms in total. The van der Waals surface area contributed by atoms with Crippen molar-refractivity contribution in [3.8, 4) is 0 Å². The molecule has 11 rings (SSSR count). The highest BCUT2D eigenvalue weighted by atomic mass is 16.8. The highest BCUT2D eigenvalue weighted by Gasteiger charge is 2.66. The molecule has 0 unspecified atom stereocenters. The number of aliphatic carboxylic acids is 1. The Hall–Kier alpha value is -5.22. The van der Waals surface area contributed by atoms with Crippen molar-refractivity contribution in [1.82, 2.24) is 26.6 Å². The van der Waals surface area contributed by atoms with Gasteiger partial charge >= 0.3 is 5.97 Å². The maximum atomic E-state index is 14.0. The molecular formula is C79H131N5O58. The Balaban J connectivity index is 0.985. The standard InChI is InChI=1S/C79H131N5O58/c1-18-40(101)50(111)54(115)72(123-18)137-63-39(84-23(6)98)71(130-32(15-92)60(63)135-75-57(118)65(61(33(16-93)131-75)136-73-55(116)51(112)43(104)27(10-87)126-73)142-79(78(120)121)7-24(99)35(80-19(2)94)62(141-79)41(102)25(100)8-85)140-67-53(114)45(106)29(12-89)128-77(67)138-64-46(107)34(17-122-76-66(52(113)44(105)28(11-88)127-76)139-69-37(82-21(4)96)47(108)42(103)26(9-86)125-69)132-74(56(64)117)134-59-31(14-91)129-70(38(49(59)110)83-22(5)97)133-58-30(13-90)124-68(119)36(48(58)109)81-20(3)95/h18,24-77,85-93,99-119H,7-17H2,1-6H3,(H,80,94)(H,81,95)(H,82,96)(H,83,97)(H,84,98)(H,120,121)/t18-,24-,25+,26+,27+,28+,29+,30+,31+,32+,33+,34+,35+,36+,37+,38+,39+,40+,41+,42+,43-,44+,45+,46+,47+,48+,49+,50+,51-,52-,53-,54-,55+,56-,57+,58+,59+,60+,61-,62+,63+,64-,65+,66-,67-,68+,69-,70-,71-,72-,73-,74-,75-,76-,77+,79-/m0/s1. The van der Waals surface area contributed by atoms with Crippen molar-refractivity contribution in [2.45, 2.75) is 391 Å². The molecule has 11 fully saturated rings. The van der Waals surface area contributed by atoms with Crippen LogP contribution in [0, 0.1) is 0 Å². The number of carboxylic acid groups (broad SMARTS) is 1. The lowest BCUT2D eigenvalue weighted by atomic mass is 9.88. The largest absolute Gasteiger partial charge is 0.477 e. The summed E-state index contributed by atoms with van der Waals surface area (Å²) in [6.45, 7) is -6.83. The van der Waals surface area contributed by atoms with Crippen LogP contribution in [0.5, 0.6) is 0 Å². The van der Waals surface area contributed by atoms with Gasteiger partial charge in [-0.25, -0.2) is 4.79 Å². The van der Waals surface area contributed by atoms with E-state index in [2.05, 4.69) is 26.6 Å². The average molecular weight is 2080 g/mol. The normalized spacial score (nSPS) is 48.0. The van der Waals surface area contributed by atoms with Gasteiger partial charge in [-0.1, -0.05) is 0 Å². The quantitative estimate of drug-likeness (QED) is 0.0273. The van der Waals surface area contributed by atoms with Crippen LogP contribution in [0.1, 0.15) is 48.0 Å². The van der Waals surface area contributed by atoms with E-state index in [0.29, 0.717) is 0 Å². The molecule has 56 atom stereocenters. The number of nitrogens with one attached hydrogen (secondary N) is 5. The van der Waals surface area contributed by atoms with Gasteiger partial charge in [-0.05, 0) is 6.92 Å². The molecule has 0 radical (unpaired) electrons. The number of amides is 5. The van der Waals surface area contributed by atoms with Crippen LogP contribution in [-0.4, -0.2) is 603 Å². The molecule has 0 aromatic heterocycles. The van der Waals surface area contributed by atoms with Crippen molar-refractivity contribution in [3.63, 3.8) is 0 Å². The summed E-state index contributed by atoms with van der Waals surface area (Å²) in [5.41, 5.74) is 0. The van der Waals surface area contributed by atoms with Gasteiger partial charge in [-0.2, -0.15) is 0 Å². The highest BCUT2D eigenvalue weighted by Crippen LogP contribution is 2.45. The Bertz CT molecular complexity index is 4010. The summed E-state index contributed by atoms with van der Waals surface area (Å²) >= 11 is 0. The first-order chi connectivity index (χ1) is 67.0. The van der Waals surface area contributed by atoms with E-state index < -0.39 is 451 Å². The van der Waals surface area contributed by atoms with Crippen LogP contribution in [0.15, 0.2) is 0 Å². The first-order valence-electron chi connectivity index (χ1n) is 45.1. The molecule has 142 heavy (non-hydrogen) atoms. The summed E-state index contributed by atoms with van der Waals surface area (Å²) in [5, 5.41) is 364. The minimum Gasteiger partial charge on any atom is -0.477 e. The molecule has 0 aromatic carbocycles. The minimum atomic E-state index is -3.58. The molecule has 5 amide bonds. The summed E-state index contributed by atoms with van der Waals surface area (Å²) < 4.78 is 127. The van der Waals surface area contributed by atoms with E-state index in [1.54, 1.807) is 0 Å². The Morgan fingerprint density at radius 1 is 0.303 bits per heavy atom. The second-order valence-electron chi connectivity index (χ2n) is 35.9. The average Bonchev–Trinajstić information content (AvgIpc) is 0.734. The van der Waals surface area contributed by atoms with E-state index in [4.69, 9.17) is 99.5 Å². The Morgan fingerprint density at radius 2 is 0.634 bits per heavy atom. The van der Waals surface area contributed by atoms with E-state index in [9.17, 15) is 187 Å². The number of hydrogen-bond donors (Lipinski definition) is 36. The molecule has 11 heterocycles. The zero-order valence-corrected chi connectivity index (χ0v) is 76.4. The number of aliphatic hydroxyl groups is 30. The Morgan fingerprint density at radius 3 is 1.13 bits per heavy atom. The lowest BCUT2D eigenvalue weighted by molar-refractivity contribution is -0.413. The Labute approximate surface area is 803 Å². The van der Waals surface area contributed by atoms with Crippen molar-refractivity contribution in [3.05, 3.63) is 0 Å². The second kappa shape index (κ2) is 50.6. The van der Waals surface area contributed by atoms with Crippen LogP contribution in [0.4, 0.5) is 0 Å². The molecule has 11 aliphatic heterocycles. The fourth-order valence-electron chi connectivity index (χ4n) is 18.5. The van der Waals surface area contributed by atoms with Crippen LogP contribution in [0.3, 0.4) is 0 Å². The number of carboxylic acids is 1. The van der Waals surface area contributed by atoms with Gasteiger partial charge in [0.2, 0.25) is 29.5 Å². The van der Waals surface area contributed by atoms with E-state index in [1.165, 1.54) is 0 Å². The molecule has 0 saturated carbocycles. The minimum absolute atomic E-state index is 0.801. The lowest BCUT2D eigenvalue weighted by Gasteiger charge is -2.53. The molecular weight excluding hydrogens is 1950 g/mol. The predicted octanol–water partition coefficient (Wildman–Crippen LogP) is -24.0. The fourth-order valence-corrected chi connectivity index (χ4v) is 18.5. The van der Waals surface area contributed by atoms with Crippen molar-refractivity contribution in [2.75, 3.05) is 66.1 Å². The van der Waals surface area contributed by atoms with Crippen LogP contribution in [0.2, 0.25) is 0 Å². The third-order valence-electron chi connectivity index (χ3n) is 25.9. The smallest absolute Gasteiger partial charge is 0.364 e. The molecule has 63 heteroatoms. The number of rotatable bonds is 38. The highest BCUT2D eigenvalue weighted by molar-refractivity contribution is 5.77. The number of aliphatic hydroxyl groups excluding tert-OH is 30. The van der Waals surface area contributed by atoms with Gasteiger partial charge in [-0.3, -0.25) is 24.0 Å². The summed E-state index contributed by atoms with van der Waals surface area (Å²) in [5.74, 6) is -10.8. The van der Waals surface area contributed by atoms with Crippen molar-refractivity contribution in [1.29, 1.82) is 0 Å². The monoisotopic (exact) mass is 2080 g/mol. The van der Waals surface area contributed by atoms with Crippen LogP contribution in [-0.2, 0) is 128 Å². The molecule has 11 aliphatic rings. The van der Waals surface area contributed by atoms with Gasteiger partial charge in [0.1, 0.15) is 256 Å². The topological polar surface area (TPSA) is 984 Å². The van der Waals surface area contributed by atoms with Gasteiger partial charge in [0.25, 0.3) is 5.79 Å². The van der Waals surface area contributed by atoms with E-state index in [-0.39, 0.29) is 0 Å². The molecule has 11 saturated heterocycles. The van der Waals surface area contributed by atoms with Gasteiger partial charge in [0.15, 0.2) is 62.9 Å². The SMILES string of the molecule is CC(=O)N[C@@H]1[C@@H](O)[C@H](O[C@@H]2O[C@H](CO)[C@@H](O[C@@H]3O[C@H](CO[C@H]4O[C@H](CO)[C@@H](O)[C@H](O)[C@@H]4O[C@@H]4O[C@H](CO)[C@@H](O)[C@H](O)[C@H]4NC(C)=O)[C@@H](O)[C@H](O[C@H]4O[C@H](CO)[C@@H](O)[C@H](O)[C@@H]4O[C@@H]4O[C@H](CO)[C@@H](O[C@@H]5O[C@H](CO)[C@H](O[C@@H]6O[C@H](CO)[C@H](O)[C@H](O)[C@H]6O)[C@H](O[C@]6(C(=O)O)C[C@H](O)[C@@H](NC(C)=O)[C@H]([C@H](O)[C@H](O)CO)O6)[C@H]5O)[C@H](O[C@@H]5O[C@@H](C)[C@@H](O)[C@@H](O)[C@@H]5O)[C@H]4NC(C)=O)[C@@H]3O)[C@H](O)[C@H]2NC(C)=O)[C@@H](CO)O[C@H]1O. The van der Waals surface area contributed by atoms with Crippen LogP contribution >= 0.6 is 0 Å². The van der Waals surface area contributed by atoms with Crippen molar-refractivity contribution >= 4 is 35.5 Å². The van der Waals surface area contributed by atoms with Gasteiger partial charge < -0.3 is 284 Å². The summed E-state index contributed by atoms with van der Waals surface area (Å²) in [6.07, 6.45) is -115. The van der Waals surface area contributed by atoms with E-state index >= 15 is 0 Å². The zero-order valence-electron chi connectivity index (χ0n) is 76.4. The number of carbonyl (C=O) groups is 6. The fraction of sp³-hybridized carbons (Fsp3) is 0.924. The van der Waals surface area contributed by atoms with Crippen molar-refractivity contribution < 1.29 is 287 Å². The van der Waals surface area contributed by atoms with Crippen LogP contribution < -0.4 is 26.6 Å². The molecule has 0 spiro atoms. The zero-order chi connectivity index (χ0) is 105. The maximum absolute atomic E-state index is 14.0. The van der Waals surface area contributed by atoms with Gasteiger partial charge in [0.05, 0.1) is 84.3 Å².